The predicted molar refractivity (Wildman–Crippen MR) is 212 cm³/mol. The maximum Gasteiger partial charge on any atom is 0.136 e. The van der Waals surface area contributed by atoms with Crippen molar-refractivity contribution in [3.8, 4) is 44.3 Å². The summed E-state index contributed by atoms with van der Waals surface area (Å²) in [5.74, 6) is 1.70. The first kappa shape index (κ1) is 29.0. The molecule has 0 fully saturated rings. The number of hydrogen-bond donors (Lipinski definition) is 0. The molecule has 0 amide bonds. The quantitative estimate of drug-likeness (QED) is 0.176. The summed E-state index contributed by atoms with van der Waals surface area (Å²) in [5, 5.41) is 3.64. The number of anilines is 3. The zero-order valence-corrected chi connectivity index (χ0v) is 28.4. The van der Waals surface area contributed by atoms with Crippen LogP contribution in [0, 0.1) is 0 Å². The number of rotatable bonds is 6. The molecule has 3 heterocycles. The number of aromatic nitrogens is 1. The smallest absolute Gasteiger partial charge is 0.136 e. The third kappa shape index (κ3) is 4.98. The number of para-hydroxylation sites is 2. The average Bonchev–Trinajstić information content (AvgIpc) is 3.92. The third-order valence-electron chi connectivity index (χ3n) is 9.35. The summed E-state index contributed by atoms with van der Waals surface area (Å²) in [4.78, 5) is 7.23. The fraction of sp³-hybridized carbons (Fsp3) is 0. The van der Waals surface area contributed by atoms with E-state index in [4.69, 9.17) is 9.40 Å². The Morgan fingerprint density at radius 3 is 1.96 bits per heavy atom. The van der Waals surface area contributed by atoms with E-state index < -0.39 is 0 Å². The minimum absolute atomic E-state index is 0.823. The lowest BCUT2D eigenvalue weighted by molar-refractivity contribution is 0.583. The molecule has 8 aromatic rings. The van der Waals surface area contributed by atoms with Gasteiger partial charge in [0.05, 0.1) is 15.9 Å². The highest BCUT2D eigenvalue weighted by molar-refractivity contribution is 7.25. The van der Waals surface area contributed by atoms with Gasteiger partial charge in [0.15, 0.2) is 0 Å². The molecule has 50 heavy (non-hydrogen) atoms. The summed E-state index contributed by atoms with van der Waals surface area (Å²) in [5.41, 5.74) is 9.79. The molecule has 1 aliphatic carbocycles. The van der Waals surface area contributed by atoms with Crippen molar-refractivity contribution in [2.24, 2.45) is 0 Å². The second-order valence-corrected chi connectivity index (χ2v) is 14.5. The second-order valence-electron chi connectivity index (χ2n) is 12.4. The summed E-state index contributed by atoms with van der Waals surface area (Å²) in [7, 11) is 0. The molecule has 3 nitrogen and oxygen atoms in total. The Bertz CT molecular complexity index is 2740. The molecule has 0 unspecified atom stereocenters. The van der Waals surface area contributed by atoms with Gasteiger partial charge in [0.1, 0.15) is 16.5 Å². The van der Waals surface area contributed by atoms with Crippen LogP contribution >= 0.6 is 22.7 Å². The zero-order chi connectivity index (χ0) is 33.0. The van der Waals surface area contributed by atoms with Gasteiger partial charge in [0.25, 0.3) is 0 Å². The monoisotopic (exact) mass is 676 g/mol. The molecule has 6 aromatic carbocycles. The van der Waals surface area contributed by atoms with Crippen LogP contribution in [0.15, 0.2) is 174 Å². The van der Waals surface area contributed by atoms with Crippen molar-refractivity contribution < 1.29 is 4.42 Å². The molecule has 1 aliphatic heterocycles. The summed E-state index contributed by atoms with van der Waals surface area (Å²) in [6.07, 6.45) is 0. The molecule has 0 saturated heterocycles. The van der Waals surface area contributed by atoms with Crippen LogP contribution in [0.1, 0.15) is 0 Å². The topological polar surface area (TPSA) is 29.3 Å². The van der Waals surface area contributed by atoms with Gasteiger partial charge in [-0.3, -0.25) is 0 Å². The Labute approximate surface area is 297 Å². The molecule has 2 aliphatic rings. The van der Waals surface area contributed by atoms with Crippen LogP contribution in [-0.4, -0.2) is 4.98 Å². The average molecular weight is 677 g/mol. The van der Waals surface area contributed by atoms with Gasteiger partial charge in [-0.15, -0.1) is 22.7 Å². The van der Waals surface area contributed by atoms with Crippen molar-refractivity contribution >= 4 is 70.1 Å². The summed E-state index contributed by atoms with van der Waals surface area (Å²) in [6, 6.07) is 60.3. The van der Waals surface area contributed by atoms with E-state index in [2.05, 4.69) is 157 Å². The van der Waals surface area contributed by atoms with Gasteiger partial charge in [-0.25, -0.2) is 4.98 Å². The van der Waals surface area contributed by atoms with Crippen LogP contribution in [0.5, 0.6) is 0 Å². The summed E-state index contributed by atoms with van der Waals surface area (Å²) in [6.45, 7) is 0. The number of thiazole rings is 1. The van der Waals surface area contributed by atoms with Gasteiger partial charge < -0.3 is 9.32 Å². The fourth-order valence-electron chi connectivity index (χ4n) is 6.87. The normalized spacial score (nSPS) is 11.6. The van der Waals surface area contributed by atoms with Gasteiger partial charge in [0.2, 0.25) is 0 Å². The first-order chi connectivity index (χ1) is 24.7. The van der Waals surface area contributed by atoms with Crippen LogP contribution in [0.4, 0.5) is 17.1 Å². The number of hydrogen-bond acceptors (Lipinski definition) is 5. The van der Waals surface area contributed by atoms with Crippen LogP contribution in [0.3, 0.4) is 0 Å². The third-order valence-corrected chi connectivity index (χ3v) is 11.6. The van der Waals surface area contributed by atoms with E-state index >= 15 is 0 Å². The van der Waals surface area contributed by atoms with Gasteiger partial charge in [-0.2, -0.15) is 0 Å². The molecule has 0 bridgehead atoms. The van der Waals surface area contributed by atoms with Gasteiger partial charge >= 0.3 is 0 Å². The molecule has 0 atom stereocenters. The van der Waals surface area contributed by atoms with E-state index in [-0.39, 0.29) is 0 Å². The molecular formula is C45H28N2OS2. The van der Waals surface area contributed by atoms with E-state index in [1.807, 2.05) is 29.5 Å². The minimum Gasteiger partial charge on any atom is -0.456 e. The molecular weight excluding hydrogens is 649 g/mol. The lowest BCUT2D eigenvalue weighted by atomic mass is 10.0. The van der Waals surface area contributed by atoms with Gasteiger partial charge in [-0.05, 0) is 108 Å². The first-order valence-electron chi connectivity index (χ1n) is 16.6. The highest BCUT2D eigenvalue weighted by atomic mass is 32.1. The fourth-order valence-corrected chi connectivity index (χ4v) is 8.93. The number of nitrogens with zero attached hydrogens (tertiary/aromatic N) is 2. The molecule has 10 rings (SSSR count). The van der Waals surface area contributed by atoms with E-state index in [1.165, 1.54) is 36.0 Å². The molecule has 0 N–H and O–H groups in total. The molecule has 5 heteroatoms. The van der Waals surface area contributed by atoms with Crippen LogP contribution in [-0.2, 0) is 0 Å². The maximum absolute atomic E-state index is 6.46. The zero-order valence-electron chi connectivity index (χ0n) is 26.8. The molecule has 236 valence electrons. The van der Waals surface area contributed by atoms with E-state index in [0.29, 0.717) is 0 Å². The van der Waals surface area contributed by atoms with Crippen molar-refractivity contribution in [1.29, 1.82) is 0 Å². The summed E-state index contributed by atoms with van der Waals surface area (Å²) < 4.78 is 10.3. The van der Waals surface area contributed by atoms with Crippen molar-refractivity contribution in [1.82, 2.24) is 4.98 Å². The van der Waals surface area contributed by atoms with Crippen molar-refractivity contribution in [3.05, 3.63) is 170 Å². The minimum atomic E-state index is 0.823. The largest absolute Gasteiger partial charge is 0.456 e. The van der Waals surface area contributed by atoms with Crippen LogP contribution in [0.2, 0.25) is 0 Å². The van der Waals surface area contributed by atoms with Gasteiger partial charge in [-0.1, -0.05) is 72.8 Å². The number of thiophene rings is 1. The van der Waals surface area contributed by atoms with Crippen molar-refractivity contribution in [2.45, 2.75) is 0 Å². The highest BCUT2D eigenvalue weighted by Gasteiger charge is 2.20. The van der Waals surface area contributed by atoms with Crippen molar-refractivity contribution in [2.75, 3.05) is 4.90 Å². The van der Waals surface area contributed by atoms with Gasteiger partial charge in [0, 0.05) is 48.2 Å². The molecule has 2 aromatic heterocycles. The Kier molecular flexibility index (Phi) is 6.86. The van der Waals surface area contributed by atoms with Crippen LogP contribution in [0.25, 0.3) is 74.7 Å². The van der Waals surface area contributed by atoms with E-state index in [1.54, 1.807) is 11.3 Å². The van der Waals surface area contributed by atoms with Crippen molar-refractivity contribution in [3.63, 3.8) is 0 Å². The van der Waals surface area contributed by atoms with E-state index in [9.17, 15) is 0 Å². The van der Waals surface area contributed by atoms with E-state index in [0.717, 1.165) is 55.8 Å². The summed E-state index contributed by atoms with van der Waals surface area (Å²) >= 11 is 3.57. The Morgan fingerprint density at radius 1 is 0.440 bits per heavy atom. The SMILES string of the molecule is c1cc2ccc(-c3ccccc3N(c3ccc(-c4ccc5sc6ccccc6c5c4)cc3)c3ccc(-c4nc5ccccc5s4)cc3)oc-2c1. The molecule has 0 radical (unpaired) electrons. The van der Waals surface area contributed by atoms with Crippen LogP contribution < -0.4 is 4.90 Å². The number of fused-ring (bicyclic) bond motifs is 5. The predicted octanol–water partition coefficient (Wildman–Crippen LogP) is 13.8. The highest BCUT2D eigenvalue weighted by Crippen LogP contribution is 2.44. The lowest BCUT2D eigenvalue weighted by Crippen LogP contribution is -2.11. The Hall–Kier alpha value is -6.01. The Balaban J connectivity index is 1.08. The molecule has 0 spiro atoms. The molecule has 0 saturated carbocycles. The second kappa shape index (κ2) is 11.8. The Morgan fingerprint density at radius 2 is 1.12 bits per heavy atom. The standard InChI is InChI=1S/C45H28N2OS2/c1-4-12-39(36(10-1)41-26-20-30-8-7-13-40(30)48-41)47(34-24-18-31(19-25-34)45-46-38-11-3-6-15-44(38)50-45)33-22-16-29(17-23-33)32-21-27-43-37(28-32)35-9-2-5-14-42(35)49-43/h1-28H. The number of benzene rings is 6. The first-order valence-corrected chi connectivity index (χ1v) is 18.2. The lowest BCUT2D eigenvalue weighted by Gasteiger charge is -2.28. The maximum atomic E-state index is 6.46.